The fourth-order valence-corrected chi connectivity index (χ4v) is 3.72. The molecule has 0 radical (unpaired) electrons. The van der Waals surface area contributed by atoms with Crippen LogP contribution in [0.4, 0.5) is 4.79 Å². The van der Waals surface area contributed by atoms with Crippen molar-refractivity contribution < 1.29 is 9.53 Å². The Morgan fingerprint density at radius 1 is 1.18 bits per heavy atom. The molecule has 2 fully saturated rings. The minimum absolute atomic E-state index is 0.151. The molecule has 0 aromatic carbocycles. The van der Waals surface area contributed by atoms with Gasteiger partial charge >= 0.3 is 6.09 Å². The molecule has 2 rings (SSSR count). The van der Waals surface area contributed by atoms with Crippen LogP contribution in [0.2, 0.25) is 0 Å². The molecule has 1 saturated carbocycles. The molecule has 1 amide bonds. The second-order valence-corrected chi connectivity index (χ2v) is 8.26. The normalized spacial score (nSPS) is 29.6. The van der Waals surface area contributed by atoms with Crippen LogP contribution >= 0.6 is 0 Å². The zero-order valence-corrected chi connectivity index (χ0v) is 14.9. The molecule has 3 unspecified atom stereocenters. The molecule has 3 atom stereocenters. The van der Waals surface area contributed by atoms with Gasteiger partial charge in [-0.05, 0) is 70.9 Å². The fourth-order valence-electron chi connectivity index (χ4n) is 3.72. The van der Waals surface area contributed by atoms with Gasteiger partial charge in [-0.15, -0.1) is 0 Å². The second-order valence-electron chi connectivity index (χ2n) is 8.26. The van der Waals surface area contributed by atoms with E-state index in [-0.39, 0.29) is 6.09 Å². The number of piperidine rings is 1. The molecule has 1 saturated heterocycles. The Kier molecular flexibility index (Phi) is 6.13. The van der Waals surface area contributed by atoms with E-state index in [4.69, 9.17) is 4.74 Å². The van der Waals surface area contributed by atoms with Gasteiger partial charge in [0, 0.05) is 13.1 Å². The first-order valence-corrected chi connectivity index (χ1v) is 9.04. The Balaban J connectivity index is 1.70. The van der Waals surface area contributed by atoms with Crippen LogP contribution in [-0.2, 0) is 4.74 Å². The van der Waals surface area contributed by atoms with Gasteiger partial charge in [0.15, 0.2) is 0 Å². The minimum Gasteiger partial charge on any atom is -0.444 e. The summed E-state index contributed by atoms with van der Waals surface area (Å²) in [6.07, 6.45) is 6.31. The lowest BCUT2D eigenvalue weighted by Gasteiger charge is -2.34. The van der Waals surface area contributed by atoms with Crippen LogP contribution in [-0.4, -0.2) is 42.8 Å². The van der Waals surface area contributed by atoms with Crippen LogP contribution in [0, 0.1) is 17.8 Å². The maximum absolute atomic E-state index is 12.2. The molecule has 4 heteroatoms. The molecule has 1 heterocycles. The SMILES string of the molecule is CC1CCCC1CNCC1CCCN(C(=O)OC(C)(C)C)C1. The summed E-state index contributed by atoms with van der Waals surface area (Å²) >= 11 is 0. The van der Waals surface area contributed by atoms with Crippen molar-refractivity contribution in [2.24, 2.45) is 17.8 Å². The van der Waals surface area contributed by atoms with Crippen LogP contribution in [0.25, 0.3) is 0 Å². The van der Waals surface area contributed by atoms with E-state index < -0.39 is 5.60 Å². The van der Waals surface area contributed by atoms with Crippen LogP contribution in [0.5, 0.6) is 0 Å². The number of carbonyl (C=O) groups is 1. The minimum atomic E-state index is -0.402. The lowest BCUT2D eigenvalue weighted by Crippen LogP contribution is -2.45. The molecule has 22 heavy (non-hydrogen) atoms. The highest BCUT2D eigenvalue weighted by molar-refractivity contribution is 5.68. The van der Waals surface area contributed by atoms with Gasteiger partial charge in [-0.2, -0.15) is 0 Å². The van der Waals surface area contributed by atoms with Gasteiger partial charge in [-0.1, -0.05) is 19.8 Å². The molecule has 0 aromatic heterocycles. The van der Waals surface area contributed by atoms with Gasteiger partial charge in [0.1, 0.15) is 5.60 Å². The molecular weight excluding hydrogens is 276 g/mol. The zero-order valence-electron chi connectivity index (χ0n) is 14.9. The third-order valence-corrected chi connectivity index (χ3v) is 5.05. The van der Waals surface area contributed by atoms with E-state index >= 15 is 0 Å². The van der Waals surface area contributed by atoms with Crippen LogP contribution in [0.3, 0.4) is 0 Å². The molecule has 4 nitrogen and oxygen atoms in total. The number of hydrogen-bond acceptors (Lipinski definition) is 3. The largest absolute Gasteiger partial charge is 0.444 e. The molecule has 128 valence electrons. The van der Waals surface area contributed by atoms with E-state index in [1.54, 1.807) is 0 Å². The fraction of sp³-hybridized carbons (Fsp3) is 0.944. The predicted octanol–water partition coefficient (Wildman–Crippen LogP) is 3.66. The Morgan fingerprint density at radius 3 is 2.59 bits per heavy atom. The van der Waals surface area contributed by atoms with Gasteiger partial charge in [0.05, 0.1) is 0 Å². The molecule has 1 aliphatic heterocycles. The van der Waals surface area contributed by atoms with E-state index in [1.165, 1.54) is 25.7 Å². The van der Waals surface area contributed by atoms with E-state index in [9.17, 15) is 4.79 Å². The Labute approximate surface area is 136 Å². The third kappa shape index (κ3) is 5.45. The number of ether oxygens (including phenoxy) is 1. The highest BCUT2D eigenvalue weighted by Crippen LogP contribution is 2.30. The summed E-state index contributed by atoms with van der Waals surface area (Å²) < 4.78 is 5.49. The quantitative estimate of drug-likeness (QED) is 0.861. The summed E-state index contributed by atoms with van der Waals surface area (Å²) in [4.78, 5) is 14.1. The molecule has 0 spiro atoms. The van der Waals surface area contributed by atoms with Crippen molar-refractivity contribution in [2.75, 3.05) is 26.2 Å². The number of rotatable bonds is 4. The highest BCUT2D eigenvalue weighted by Gasteiger charge is 2.28. The maximum Gasteiger partial charge on any atom is 0.410 e. The van der Waals surface area contributed by atoms with Crippen molar-refractivity contribution in [1.82, 2.24) is 10.2 Å². The Bertz CT molecular complexity index is 365. The van der Waals surface area contributed by atoms with Crippen molar-refractivity contribution in [3.63, 3.8) is 0 Å². The summed E-state index contributed by atoms with van der Waals surface area (Å²) in [5.74, 6) is 2.29. The van der Waals surface area contributed by atoms with Crippen molar-refractivity contribution in [3.05, 3.63) is 0 Å². The monoisotopic (exact) mass is 310 g/mol. The van der Waals surface area contributed by atoms with Crippen molar-refractivity contribution in [3.8, 4) is 0 Å². The van der Waals surface area contributed by atoms with Crippen LogP contribution in [0.15, 0.2) is 0 Å². The molecule has 0 aromatic rings. The van der Waals surface area contributed by atoms with Crippen molar-refractivity contribution in [1.29, 1.82) is 0 Å². The number of nitrogens with zero attached hydrogens (tertiary/aromatic N) is 1. The molecule has 1 aliphatic carbocycles. The molecular formula is C18H34N2O2. The Morgan fingerprint density at radius 2 is 1.95 bits per heavy atom. The van der Waals surface area contributed by atoms with Gasteiger partial charge in [-0.3, -0.25) is 0 Å². The van der Waals surface area contributed by atoms with Crippen LogP contribution in [0.1, 0.15) is 59.8 Å². The first kappa shape index (κ1) is 17.6. The average molecular weight is 310 g/mol. The molecule has 2 aliphatic rings. The lowest BCUT2D eigenvalue weighted by molar-refractivity contribution is 0.0166. The summed E-state index contributed by atoms with van der Waals surface area (Å²) in [5.41, 5.74) is -0.402. The smallest absolute Gasteiger partial charge is 0.410 e. The summed E-state index contributed by atoms with van der Waals surface area (Å²) in [7, 11) is 0. The number of likely N-dealkylation sites (tertiary alicyclic amines) is 1. The lowest BCUT2D eigenvalue weighted by atomic mass is 9.96. The van der Waals surface area contributed by atoms with Gasteiger partial charge < -0.3 is 15.0 Å². The second kappa shape index (κ2) is 7.67. The molecule has 0 bridgehead atoms. The van der Waals surface area contributed by atoms with E-state index in [2.05, 4.69) is 12.2 Å². The van der Waals surface area contributed by atoms with Crippen molar-refractivity contribution in [2.45, 2.75) is 65.4 Å². The van der Waals surface area contributed by atoms with E-state index in [0.717, 1.165) is 44.4 Å². The standard InChI is InChI=1S/C18H34N2O2/c1-14-7-5-9-16(14)12-19-11-15-8-6-10-20(13-15)17(21)22-18(2,3)4/h14-16,19H,5-13H2,1-4H3. The maximum atomic E-state index is 12.2. The zero-order chi connectivity index (χ0) is 16.2. The molecule has 1 N–H and O–H groups in total. The number of nitrogens with one attached hydrogen (secondary N) is 1. The van der Waals surface area contributed by atoms with E-state index in [0.29, 0.717) is 5.92 Å². The van der Waals surface area contributed by atoms with Gasteiger partial charge in [0.2, 0.25) is 0 Å². The summed E-state index contributed by atoms with van der Waals surface area (Å²) in [5, 5.41) is 3.66. The Hall–Kier alpha value is -0.770. The first-order valence-electron chi connectivity index (χ1n) is 9.04. The highest BCUT2D eigenvalue weighted by atomic mass is 16.6. The first-order chi connectivity index (χ1) is 10.3. The number of carbonyl (C=O) groups excluding carboxylic acids is 1. The summed E-state index contributed by atoms with van der Waals surface area (Å²) in [6.45, 7) is 12.0. The number of hydrogen-bond donors (Lipinski definition) is 1. The average Bonchev–Trinajstić information content (AvgIpc) is 2.83. The predicted molar refractivity (Wildman–Crippen MR) is 89.9 cm³/mol. The topological polar surface area (TPSA) is 41.6 Å². The van der Waals surface area contributed by atoms with Crippen LogP contribution < -0.4 is 5.32 Å². The van der Waals surface area contributed by atoms with Gasteiger partial charge in [-0.25, -0.2) is 4.79 Å². The van der Waals surface area contributed by atoms with Crippen molar-refractivity contribution >= 4 is 6.09 Å². The third-order valence-electron chi connectivity index (χ3n) is 5.05. The van der Waals surface area contributed by atoms with E-state index in [1.807, 2.05) is 25.7 Å². The summed E-state index contributed by atoms with van der Waals surface area (Å²) in [6, 6.07) is 0. The van der Waals surface area contributed by atoms with Gasteiger partial charge in [0.25, 0.3) is 0 Å². The number of amides is 1.